The van der Waals surface area contributed by atoms with E-state index in [1.165, 1.54) is 26.4 Å². The average molecular weight is 622 g/mol. The molecule has 5 rings (SSSR count). The summed E-state index contributed by atoms with van der Waals surface area (Å²) in [5.41, 5.74) is 7.00. The molecule has 2 saturated heterocycles. The van der Waals surface area contributed by atoms with E-state index in [2.05, 4.69) is 4.72 Å². The summed E-state index contributed by atoms with van der Waals surface area (Å²) in [7, 11) is -1.03. The number of amides is 2. The average Bonchev–Trinajstić information content (AvgIpc) is 3.04. The summed E-state index contributed by atoms with van der Waals surface area (Å²) in [6.45, 7) is 1.62. The molecule has 0 spiro atoms. The molecule has 2 amide bonds. The van der Waals surface area contributed by atoms with Crippen LogP contribution < -0.4 is 19.9 Å². The van der Waals surface area contributed by atoms with E-state index in [-0.39, 0.29) is 23.1 Å². The number of carbonyl (C=O) groups excluding carboxylic acids is 2. The number of nitrogens with one attached hydrogen (secondary N) is 2. The molecule has 3 aromatic carbocycles. The van der Waals surface area contributed by atoms with Gasteiger partial charge in [-0.1, -0.05) is 30.3 Å². The number of carbonyl (C=O) groups is 2. The highest BCUT2D eigenvalue weighted by Gasteiger charge is 2.40. The molecule has 2 heterocycles. The van der Waals surface area contributed by atoms with Crippen molar-refractivity contribution in [3.63, 3.8) is 0 Å². The number of sulfonamides is 1. The van der Waals surface area contributed by atoms with Crippen LogP contribution in [-0.4, -0.2) is 81.8 Å². The Bertz CT molecular complexity index is 1650. The van der Waals surface area contributed by atoms with Crippen molar-refractivity contribution in [2.75, 3.05) is 33.9 Å². The van der Waals surface area contributed by atoms with Gasteiger partial charge in [-0.2, -0.15) is 4.72 Å². The first-order valence-electron chi connectivity index (χ1n) is 14.8. The summed E-state index contributed by atoms with van der Waals surface area (Å²) in [5.74, 6) is 0.411. The minimum absolute atomic E-state index is 0.0219. The van der Waals surface area contributed by atoms with Crippen LogP contribution in [0.4, 0.5) is 0 Å². The smallest absolute Gasteiger partial charge is 0.245 e. The summed E-state index contributed by atoms with van der Waals surface area (Å²) in [5, 5.41) is 9.08. The highest BCUT2D eigenvalue weighted by Crippen LogP contribution is 2.33. The standard InChI is InChI=1S/C32H39N5O6S/c1-42-28-19-23-12-13-25(18-24(23)20-29(28)43-2)44(40,41)35-26-7-6-16-37(31(26)38)27(32(39)36-14-4-3-5-15-36)17-21-8-10-22(11-9-21)30(33)34/h8-13,18-20,26-27,35H,3-7,14-17H2,1-2H3,(H3,33,34). The molecule has 2 aliphatic heterocycles. The van der Waals surface area contributed by atoms with Crippen LogP contribution in [0.1, 0.15) is 43.2 Å². The van der Waals surface area contributed by atoms with Crippen molar-refractivity contribution >= 4 is 38.4 Å². The highest BCUT2D eigenvalue weighted by atomic mass is 32.2. The number of hydrogen-bond donors (Lipinski definition) is 3. The lowest BCUT2D eigenvalue weighted by Gasteiger charge is -2.40. The minimum atomic E-state index is -4.08. The van der Waals surface area contributed by atoms with Gasteiger partial charge in [0, 0.05) is 31.6 Å². The lowest BCUT2D eigenvalue weighted by molar-refractivity contribution is -0.149. The number of methoxy groups -OCH3 is 2. The number of ether oxygens (including phenoxy) is 2. The van der Waals surface area contributed by atoms with Gasteiger partial charge in [-0.25, -0.2) is 8.42 Å². The topological polar surface area (TPSA) is 155 Å². The number of nitrogen functional groups attached to an aromatic ring is 1. The molecule has 2 unspecified atom stereocenters. The number of likely N-dealkylation sites (tertiary alicyclic amines) is 2. The molecule has 0 saturated carbocycles. The normalized spacial score (nSPS) is 18.2. The van der Waals surface area contributed by atoms with E-state index in [9.17, 15) is 18.0 Å². The van der Waals surface area contributed by atoms with E-state index in [4.69, 9.17) is 20.6 Å². The summed E-state index contributed by atoms with van der Waals surface area (Å²) >= 11 is 0. The molecule has 0 radical (unpaired) electrons. The molecule has 12 heteroatoms. The summed E-state index contributed by atoms with van der Waals surface area (Å²) < 4.78 is 40.5. The lowest BCUT2D eigenvalue weighted by atomic mass is 9.97. The van der Waals surface area contributed by atoms with Crippen molar-refractivity contribution in [3.05, 3.63) is 65.7 Å². The van der Waals surface area contributed by atoms with Gasteiger partial charge in [0.05, 0.1) is 19.1 Å². The molecule has 2 fully saturated rings. The van der Waals surface area contributed by atoms with E-state index >= 15 is 0 Å². The molecular formula is C32H39N5O6S. The third kappa shape index (κ3) is 6.66. The maximum atomic E-state index is 13.9. The molecule has 11 nitrogen and oxygen atoms in total. The van der Waals surface area contributed by atoms with Crippen LogP contribution in [0.2, 0.25) is 0 Å². The molecule has 2 atom stereocenters. The molecule has 4 N–H and O–H groups in total. The third-order valence-electron chi connectivity index (χ3n) is 8.42. The van der Waals surface area contributed by atoms with Crippen LogP contribution in [0.15, 0.2) is 59.5 Å². The Hall–Kier alpha value is -4.16. The van der Waals surface area contributed by atoms with Crippen molar-refractivity contribution in [1.82, 2.24) is 14.5 Å². The number of piperidine rings is 2. The zero-order valence-corrected chi connectivity index (χ0v) is 25.9. The number of fused-ring (bicyclic) bond motifs is 1. The highest BCUT2D eigenvalue weighted by molar-refractivity contribution is 7.89. The van der Waals surface area contributed by atoms with E-state index in [0.717, 1.165) is 30.2 Å². The molecule has 44 heavy (non-hydrogen) atoms. The molecule has 2 aliphatic rings. The Morgan fingerprint density at radius 2 is 1.61 bits per heavy atom. The van der Waals surface area contributed by atoms with Crippen LogP contribution in [0, 0.1) is 5.41 Å². The van der Waals surface area contributed by atoms with Crippen molar-refractivity contribution in [2.24, 2.45) is 5.73 Å². The Morgan fingerprint density at radius 1 is 0.955 bits per heavy atom. The number of hydrogen-bond acceptors (Lipinski definition) is 7. The van der Waals surface area contributed by atoms with Crippen molar-refractivity contribution in [2.45, 2.75) is 55.5 Å². The van der Waals surface area contributed by atoms with E-state index < -0.39 is 28.0 Å². The molecule has 0 aliphatic carbocycles. The van der Waals surface area contributed by atoms with Crippen molar-refractivity contribution in [1.29, 1.82) is 5.41 Å². The first-order chi connectivity index (χ1) is 21.1. The van der Waals surface area contributed by atoms with Gasteiger partial charge < -0.3 is 25.0 Å². The third-order valence-corrected chi connectivity index (χ3v) is 9.89. The maximum Gasteiger partial charge on any atom is 0.245 e. The Kier molecular flexibility index (Phi) is 9.40. The summed E-state index contributed by atoms with van der Waals surface area (Å²) in [6, 6.07) is 13.5. The van der Waals surface area contributed by atoms with Gasteiger partial charge in [-0.15, -0.1) is 0 Å². The minimum Gasteiger partial charge on any atom is -0.493 e. The van der Waals surface area contributed by atoms with E-state index in [0.29, 0.717) is 54.9 Å². The van der Waals surface area contributed by atoms with Crippen LogP contribution in [0.5, 0.6) is 11.5 Å². The molecule has 0 aromatic heterocycles. The number of amidine groups is 1. The quantitative estimate of drug-likeness (QED) is 0.232. The van der Waals surface area contributed by atoms with Gasteiger partial charge in [0.2, 0.25) is 21.8 Å². The van der Waals surface area contributed by atoms with Crippen LogP contribution >= 0.6 is 0 Å². The predicted molar refractivity (Wildman–Crippen MR) is 167 cm³/mol. The van der Waals surface area contributed by atoms with Crippen molar-refractivity contribution < 1.29 is 27.5 Å². The van der Waals surface area contributed by atoms with Crippen LogP contribution in [0.25, 0.3) is 10.8 Å². The Morgan fingerprint density at radius 3 is 2.25 bits per heavy atom. The fourth-order valence-electron chi connectivity index (χ4n) is 5.99. The SMILES string of the molecule is COc1cc2ccc(S(=O)(=O)NC3CCCN(C(Cc4ccc(C(=N)N)cc4)C(=O)N4CCCCC4)C3=O)cc2cc1OC. The van der Waals surface area contributed by atoms with Gasteiger partial charge in [0.1, 0.15) is 17.9 Å². The Balaban J connectivity index is 1.39. The molecule has 0 bridgehead atoms. The first-order valence-corrected chi connectivity index (χ1v) is 16.3. The van der Waals surface area contributed by atoms with Gasteiger partial charge in [-0.3, -0.25) is 15.0 Å². The van der Waals surface area contributed by atoms with Gasteiger partial charge >= 0.3 is 0 Å². The number of nitrogens with two attached hydrogens (primary N) is 1. The van der Waals surface area contributed by atoms with E-state index in [1.807, 2.05) is 17.0 Å². The molecule has 234 valence electrons. The zero-order valence-electron chi connectivity index (χ0n) is 25.0. The number of rotatable bonds is 10. The number of benzene rings is 3. The second-order valence-electron chi connectivity index (χ2n) is 11.3. The number of nitrogens with zero attached hydrogens (tertiary/aromatic N) is 2. The summed E-state index contributed by atoms with van der Waals surface area (Å²) in [4.78, 5) is 31.2. The summed E-state index contributed by atoms with van der Waals surface area (Å²) in [6.07, 6.45) is 4.02. The fourth-order valence-corrected chi connectivity index (χ4v) is 7.25. The van der Waals surface area contributed by atoms with Gasteiger partial charge in [0.25, 0.3) is 0 Å². The first kappa shape index (κ1) is 31.3. The van der Waals surface area contributed by atoms with Crippen LogP contribution in [0.3, 0.4) is 0 Å². The Labute approximate surface area is 257 Å². The monoisotopic (exact) mass is 621 g/mol. The molecule has 3 aromatic rings. The second kappa shape index (κ2) is 13.2. The molecular weight excluding hydrogens is 582 g/mol. The maximum absolute atomic E-state index is 13.9. The van der Waals surface area contributed by atoms with Gasteiger partial charge in [0.15, 0.2) is 11.5 Å². The lowest BCUT2D eigenvalue weighted by Crippen LogP contribution is -2.60. The fraction of sp³-hybridized carbons (Fsp3) is 0.406. The van der Waals surface area contributed by atoms with Gasteiger partial charge in [-0.05, 0) is 72.7 Å². The van der Waals surface area contributed by atoms with Crippen molar-refractivity contribution in [3.8, 4) is 11.5 Å². The largest absolute Gasteiger partial charge is 0.493 e. The van der Waals surface area contributed by atoms with E-state index in [1.54, 1.807) is 35.2 Å². The zero-order chi connectivity index (χ0) is 31.4. The second-order valence-corrected chi connectivity index (χ2v) is 13.0. The predicted octanol–water partition coefficient (Wildman–Crippen LogP) is 3.03. The van der Waals surface area contributed by atoms with Crippen LogP contribution in [-0.2, 0) is 26.0 Å².